The summed E-state index contributed by atoms with van der Waals surface area (Å²) in [7, 11) is 0. The molecule has 0 atom stereocenters. The predicted molar refractivity (Wildman–Crippen MR) is 60.8 cm³/mol. The normalized spacial score (nSPS) is 10.3. The van der Waals surface area contributed by atoms with Crippen LogP contribution >= 0.6 is 11.6 Å². The van der Waals surface area contributed by atoms with Crippen LogP contribution in [-0.4, -0.2) is 37.8 Å². The van der Waals surface area contributed by atoms with Crippen LogP contribution in [0.1, 0.15) is 0 Å². The molecule has 0 radical (unpaired) electrons. The number of halogens is 1. The number of hydrogen-bond donors (Lipinski definition) is 2. The number of carboxylic acids is 1. The van der Waals surface area contributed by atoms with Crippen molar-refractivity contribution in [2.45, 2.75) is 0 Å². The van der Waals surface area contributed by atoms with Gasteiger partial charge in [-0.05, 0) is 24.3 Å². The molecule has 0 aliphatic carbocycles. The van der Waals surface area contributed by atoms with Crippen molar-refractivity contribution in [3.8, 4) is 17.4 Å². The van der Waals surface area contributed by atoms with Gasteiger partial charge in [0.25, 0.3) is 0 Å². The number of hydrogen-bond acceptors (Lipinski definition) is 5. The number of benzene rings is 1. The highest BCUT2D eigenvalue weighted by atomic mass is 35.5. The number of ether oxygens (including phenoxy) is 1. The highest BCUT2D eigenvalue weighted by Crippen LogP contribution is 2.20. The Bertz CT molecular complexity index is 567. The van der Waals surface area contributed by atoms with Crippen molar-refractivity contribution in [3.63, 3.8) is 0 Å². The van der Waals surface area contributed by atoms with Crippen molar-refractivity contribution in [1.29, 1.82) is 0 Å². The van der Waals surface area contributed by atoms with Gasteiger partial charge in [0.2, 0.25) is 5.82 Å². The van der Waals surface area contributed by atoms with Gasteiger partial charge in [0.1, 0.15) is 0 Å². The zero-order valence-electron chi connectivity index (χ0n) is 8.95. The highest BCUT2D eigenvalue weighted by Gasteiger charge is 2.13. The van der Waals surface area contributed by atoms with Gasteiger partial charge in [-0.2, -0.15) is 4.98 Å². The summed E-state index contributed by atoms with van der Waals surface area (Å²) in [6, 6.07) is 6.32. The second-order valence-electron chi connectivity index (χ2n) is 3.30. The van der Waals surface area contributed by atoms with Gasteiger partial charge in [0, 0.05) is 10.6 Å². The zero-order chi connectivity index (χ0) is 13.1. The molecule has 0 unspecified atom stereocenters. The minimum Gasteiger partial charge on any atom is -0.479 e. The molecule has 0 aliphatic rings. The molecule has 0 spiro atoms. The first-order valence-electron chi connectivity index (χ1n) is 4.83. The van der Waals surface area contributed by atoms with Crippen LogP contribution in [0.15, 0.2) is 24.3 Å². The maximum absolute atomic E-state index is 10.3. The summed E-state index contributed by atoms with van der Waals surface area (Å²) in [5.74, 6) is -1.02. The number of aromatic nitrogens is 3. The molecule has 0 saturated heterocycles. The number of carbonyl (C=O) groups is 1. The Hall–Kier alpha value is -2.28. The SMILES string of the molecule is O=C(O)COc1nc(-c2ccc(Cl)cc2)n(O)n1. The zero-order valence-corrected chi connectivity index (χ0v) is 9.70. The quantitative estimate of drug-likeness (QED) is 0.812. The van der Waals surface area contributed by atoms with Crippen LogP contribution in [0.5, 0.6) is 6.01 Å². The smallest absolute Gasteiger partial charge is 0.341 e. The largest absolute Gasteiger partial charge is 0.479 e. The molecule has 0 saturated carbocycles. The standard InChI is InChI=1S/C10H8ClN3O4/c11-7-3-1-6(2-4-7)9-12-10(13-14(9)17)18-5-8(15)16/h1-4,17H,5H2,(H,15,16). The number of carboxylic acid groups (broad SMARTS) is 1. The summed E-state index contributed by atoms with van der Waals surface area (Å²) >= 11 is 5.73. The van der Waals surface area contributed by atoms with Crippen LogP contribution in [0.4, 0.5) is 0 Å². The van der Waals surface area contributed by atoms with E-state index in [4.69, 9.17) is 21.4 Å². The van der Waals surface area contributed by atoms with E-state index in [0.29, 0.717) is 15.4 Å². The first-order valence-corrected chi connectivity index (χ1v) is 5.21. The Kier molecular flexibility index (Phi) is 3.33. The van der Waals surface area contributed by atoms with Gasteiger partial charge in [-0.3, -0.25) is 0 Å². The third kappa shape index (κ3) is 2.69. The van der Waals surface area contributed by atoms with Crippen LogP contribution in [0, 0.1) is 0 Å². The number of aliphatic carboxylic acids is 1. The van der Waals surface area contributed by atoms with Crippen LogP contribution in [-0.2, 0) is 4.79 Å². The van der Waals surface area contributed by atoms with E-state index < -0.39 is 12.6 Å². The van der Waals surface area contributed by atoms with E-state index in [1.807, 2.05) is 0 Å². The lowest BCUT2D eigenvalue weighted by Crippen LogP contribution is -2.10. The van der Waals surface area contributed by atoms with Crippen LogP contribution in [0.3, 0.4) is 0 Å². The molecule has 8 heteroatoms. The molecular weight excluding hydrogens is 262 g/mol. The molecule has 2 aromatic rings. The Morgan fingerprint density at radius 1 is 1.39 bits per heavy atom. The van der Waals surface area contributed by atoms with E-state index in [0.717, 1.165) is 0 Å². The molecule has 1 aromatic carbocycles. The molecule has 0 bridgehead atoms. The Morgan fingerprint density at radius 2 is 2.06 bits per heavy atom. The van der Waals surface area contributed by atoms with E-state index >= 15 is 0 Å². The van der Waals surface area contributed by atoms with Crippen molar-refractivity contribution >= 4 is 17.6 Å². The molecule has 94 valence electrons. The average Bonchev–Trinajstić information content (AvgIpc) is 2.69. The van der Waals surface area contributed by atoms with E-state index in [1.165, 1.54) is 0 Å². The van der Waals surface area contributed by atoms with Gasteiger partial charge in [0.05, 0.1) is 0 Å². The lowest BCUT2D eigenvalue weighted by Gasteiger charge is -1.97. The van der Waals surface area contributed by atoms with Gasteiger partial charge in [0.15, 0.2) is 6.61 Å². The minimum absolute atomic E-state index is 0.132. The van der Waals surface area contributed by atoms with Crippen molar-refractivity contribution in [3.05, 3.63) is 29.3 Å². The van der Waals surface area contributed by atoms with Crippen LogP contribution in [0.25, 0.3) is 11.4 Å². The summed E-state index contributed by atoms with van der Waals surface area (Å²) in [4.78, 5) is 14.7. The fraction of sp³-hybridized carbons (Fsp3) is 0.100. The highest BCUT2D eigenvalue weighted by molar-refractivity contribution is 6.30. The van der Waals surface area contributed by atoms with Crippen molar-refractivity contribution < 1.29 is 19.8 Å². The third-order valence-corrected chi connectivity index (χ3v) is 2.25. The fourth-order valence-electron chi connectivity index (χ4n) is 1.25. The van der Waals surface area contributed by atoms with Gasteiger partial charge < -0.3 is 15.1 Å². The Balaban J connectivity index is 2.23. The van der Waals surface area contributed by atoms with Crippen LogP contribution < -0.4 is 4.74 Å². The molecule has 1 heterocycles. The summed E-state index contributed by atoms with van der Waals surface area (Å²) < 4.78 is 4.75. The monoisotopic (exact) mass is 269 g/mol. The second-order valence-corrected chi connectivity index (χ2v) is 3.73. The number of rotatable bonds is 4. The molecule has 2 N–H and O–H groups in total. The molecule has 0 amide bonds. The first-order chi connectivity index (χ1) is 8.56. The maximum atomic E-state index is 10.3. The van der Waals surface area contributed by atoms with Crippen molar-refractivity contribution in [2.75, 3.05) is 6.61 Å². The lowest BCUT2D eigenvalue weighted by molar-refractivity contribution is -0.139. The third-order valence-electron chi connectivity index (χ3n) is 2.00. The molecule has 18 heavy (non-hydrogen) atoms. The van der Waals surface area contributed by atoms with Crippen molar-refractivity contribution in [1.82, 2.24) is 14.9 Å². The first kappa shape index (κ1) is 12.2. The number of nitrogens with zero attached hydrogens (tertiary/aromatic N) is 3. The predicted octanol–water partition coefficient (Wildman–Crippen LogP) is 1.30. The van der Waals surface area contributed by atoms with E-state index in [2.05, 4.69) is 10.1 Å². The molecular formula is C10H8ClN3O4. The van der Waals surface area contributed by atoms with Gasteiger partial charge in [-0.15, -0.1) is 0 Å². The van der Waals surface area contributed by atoms with Gasteiger partial charge >= 0.3 is 12.0 Å². The Morgan fingerprint density at radius 3 is 2.67 bits per heavy atom. The minimum atomic E-state index is -1.16. The average molecular weight is 270 g/mol. The second kappa shape index (κ2) is 4.92. The summed E-state index contributed by atoms with van der Waals surface area (Å²) in [5.41, 5.74) is 0.569. The summed E-state index contributed by atoms with van der Waals surface area (Å²) in [5, 5.41) is 22.0. The molecule has 0 aliphatic heterocycles. The van der Waals surface area contributed by atoms with E-state index in [9.17, 15) is 10.0 Å². The fourth-order valence-corrected chi connectivity index (χ4v) is 1.38. The molecule has 1 aromatic heterocycles. The van der Waals surface area contributed by atoms with E-state index in [1.54, 1.807) is 24.3 Å². The Labute approximate surface area is 106 Å². The van der Waals surface area contributed by atoms with Gasteiger partial charge in [-0.1, -0.05) is 21.5 Å². The molecule has 7 nitrogen and oxygen atoms in total. The van der Waals surface area contributed by atoms with Crippen LogP contribution in [0.2, 0.25) is 5.02 Å². The molecule has 2 rings (SSSR count). The van der Waals surface area contributed by atoms with E-state index in [-0.39, 0.29) is 11.8 Å². The summed E-state index contributed by atoms with van der Waals surface area (Å²) in [6.07, 6.45) is 0. The molecule has 0 fully saturated rings. The topological polar surface area (TPSA) is 97.5 Å². The maximum Gasteiger partial charge on any atom is 0.341 e. The summed E-state index contributed by atoms with van der Waals surface area (Å²) in [6.45, 7) is -0.579. The lowest BCUT2D eigenvalue weighted by atomic mass is 10.2. The van der Waals surface area contributed by atoms with Crippen molar-refractivity contribution in [2.24, 2.45) is 0 Å². The van der Waals surface area contributed by atoms with Gasteiger partial charge in [-0.25, -0.2) is 4.79 Å².